The molecule has 0 aromatic carbocycles. The van der Waals surface area contributed by atoms with Crippen LogP contribution in [0.5, 0.6) is 0 Å². The summed E-state index contributed by atoms with van der Waals surface area (Å²) in [4.78, 5) is 24.0. The maximum Gasteiger partial charge on any atom is 0.303 e. The highest BCUT2D eigenvalue weighted by atomic mass is 16.4. The molecule has 92 valence electrons. The predicted octanol–water partition coefficient (Wildman–Crippen LogP) is 0.309. The van der Waals surface area contributed by atoms with Crippen LogP contribution >= 0.6 is 0 Å². The van der Waals surface area contributed by atoms with Crippen LogP contribution in [0.4, 0.5) is 0 Å². The number of hydrogen-bond acceptors (Lipinski definition) is 3. The zero-order valence-corrected chi connectivity index (χ0v) is 9.74. The number of hydrogen-bond donors (Lipinski definition) is 2. The summed E-state index contributed by atoms with van der Waals surface area (Å²) in [6.07, 6.45) is 1.28. The van der Waals surface area contributed by atoms with Crippen LogP contribution in [0.15, 0.2) is 0 Å². The number of amides is 1. The molecule has 0 aromatic rings. The van der Waals surface area contributed by atoms with Crippen LogP contribution in [0, 0.1) is 5.92 Å². The maximum absolute atomic E-state index is 11.7. The van der Waals surface area contributed by atoms with Crippen LogP contribution in [0.2, 0.25) is 0 Å². The molecule has 2 N–H and O–H groups in total. The molecule has 0 radical (unpaired) electrons. The third kappa shape index (κ3) is 4.61. The van der Waals surface area contributed by atoms with Crippen molar-refractivity contribution >= 4 is 11.9 Å². The summed E-state index contributed by atoms with van der Waals surface area (Å²) < 4.78 is 0. The molecular formula is C11H20N2O3. The summed E-state index contributed by atoms with van der Waals surface area (Å²) >= 11 is 0. The van der Waals surface area contributed by atoms with Gasteiger partial charge in [0, 0.05) is 39.0 Å². The highest BCUT2D eigenvalue weighted by molar-refractivity contribution is 5.76. The number of carboxylic acid groups (broad SMARTS) is 1. The van der Waals surface area contributed by atoms with Crippen molar-refractivity contribution in [1.29, 1.82) is 0 Å². The Morgan fingerprint density at radius 3 is 2.56 bits per heavy atom. The summed E-state index contributed by atoms with van der Waals surface area (Å²) in [5.74, 6) is -0.565. The van der Waals surface area contributed by atoms with Gasteiger partial charge in [0.15, 0.2) is 0 Å². The quantitative estimate of drug-likeness (QED) is 0.710. The van der Waals surface area contributed by atoms with E-state index in [1.165, 1.54) is 0 Å². The number of carboxylic acids is 1. The number of nitrogens with zero attached hydrogens (tertiary/aromatic N) is 1. The fraction of sp³-hybridized carbons (Fsp3) is 0.818. The summed E-state index contributed by atoms with van der Waals surface area (Å²) in [5, 5.41) is 11.8. The number of piperazine rings is 1. The molecule has 5 heteroatoms. The summed E-state index contributed by atoms with van der Waals surface area (Å²) in [6, 6.07) is 0. The second-order valence-electron chi connectivity index (χ2n) is 4.37. The number of aliphatic carboxylic acids is 1. The predicted molar refractivity (Wildman–Crippen MR) is 60.1 cm³/mol. The maximum atomic E-state index is 11.7. The number of rotatable bonds is 5. The first kappa shape index (κ1) is 13.0. The van der Waals surface area contributed by atoms with E-state index in [0.29, 0.717) is 12.8 Å². The Morgan fingerprint density at radius 1 is 1.38 bits per heavy atom. The monoisotopic (exact) mass is 228 g/mol. The molecule has 1 unspecified atom stereocenters. The molecule has 0 bridgehead atoms. The lowest BCUT2D eigenvalue weighted by Crippen LogP contribution is -2.46. The van der Waals surface area contributed by atoms with Gasteiger partial charge >= 0.3 is 5.97 Å². The lowest BCUT2D eigenvalue weighted by atomic mass is 10.0. The van der Waals surface area contributed by atoms with Crippen LogP contribution in [0.3, 0.4) is 0 Å². The molecule has 1 aliphatic rings. The third-order valence-electron chi connectivity index (χ3n) is 2.84. The minimum absolute atomic E-state index is 0.0735. The van der Waals surface area contributed by atoms with Gasteiger partial charge in [-0.25, -0.2) is 0 Å². The van der Waals surface area contributed by atoms with Crippen molar-refractivity contribution in [1.82, 2.24) is 10.2 Å². The van der Waals surface area contributed by atoms with Crippen LogP contribution in [-0.4, -0.2) is 48.1 Å². The Bertz CT molecular complexity index is 250. The lowest BCUT2D eigenvalue weighted by molar-refractivity contribution is -0.138. The molecule has 16 heavy (non-hydrogen) atoms. The van der Waals surface area contributed by atoms with Gasteiger partial charge in [-0.15, -0.1) is 0 Å². The average molecular weight is 228 g/mol. The first-order chi connectivity index (χ1) is 7.59. The molecule has 5 nitrogen and oxygen atoms in total. The van der Waals surface area contributed by atoms with Gasteiger partial charge in [-0.1, -0.05) is 6.92 Å². The molecule has 0 spiro atoms. The van der Waals surface area contributed by atoms with E-state index in [4.69, 9.17) is 5.11 Å². The number of carbonyl (C=O) groups excluding carboxylic acids is 1. The highest BCUT2D eigenvalue weighted by Crippen LogP contribution is 2.11. The Balaban J connectivity index is 2.20. The van der Waals surface area contributed by atoms with Crippen molar-refractivity contribution in [3.05, 3.63) is 0 Å². The number of carbonyl (C=O) groups is 2. The molecule has 1 heterocycles. The Labute approximate surface area is 95.8 Å². The standard InChI is InChI=1S/C11H20N2O3/c1-9(8-11(15)16)2-3-10(14)13-6-4-12-5-7-13/h9,12H,2-8H2,1H3,(H,15,16). The molecule has 1 saturated heterocycles. The van der Waals surface area contributed by atoms with Crippen molar-refractivity contribution < 1.29 is 14.7 Å². The first-order valence-electron chi connectivity index (χ1n) is 5.80. The molecule has 0 saturated carbocycles. The zero-order valence-electron chi connectivity index (χ0n) is 9.74. The van der Waals surface area contributed by atoms with Crippen LogP contribution in [0.25, 0.3) is 0 Å². The van der Waals surface area contributed by atoms with Gasteiger partial charge < -0.3 is 15.3 Å². The first-order valence-corrected chi connectivity index (χ1v) is 5.80. The van der Waals surface area contributed by atoms with Crippen LogP contribution < -0.4 is 5.32 Å². The molecule has 0 aromatic heterocycles. The second-order valence-corrected chi connectivity index (χ2v) is 4.37. The van der Waals surface area contributed by atoms with Gasteiger partial charge in [0.25, 0.3) is 0 Å². The van der Waals surface area contributed by atoms with Crippen molar-refractivity contribution in [2.45, 2.75) is 26.2 Å². The van der Waals surface area contributed by atoms with Crippen LogP contribution in [0.1, 0.15) is 26.2 Å². The van der Waals surface area contributed by atoms with E-state index in [1.807, 2.05) is 11.8 Å². The van der Waals surface area contributed by atoms with Crippen LogP contribution in [-0.2, 0) is 9.59 Å². The van der Waals surface area contributed by atoms with E-state index < -0.39 is 5.97 Å². The van der Waals surface area contributed by atoms with Gasteiger partial charge in [-0.05, 0) is 12.3 Å². The average Bonchev–Trinajstić information content (AvgIpc) is 2.26. The van der Waals surface area contributed by atoms with E-state index >= 15 is 0 Å². The topological polar surface area (TPSA) is 69.6 Å². The van der Waals surface area contributed by atoms with Gasteiger partial charge in [0.05, 0.1) is 0 Å². The van der Waals surface area contributed by atoms with Gasteiger partial charge in [-0.3, -0.25) is 9.59 Å². The van der Waals surface area contributed by atoms with Crippen molar-refractivity contribution in [3.8, 4) is 0 Å². The van der Waals surface area contributed by atoms with Crippen molar-refractivity contribution in [2.24, 2.45) is 5.92 Å². The summed E-state index contributed by atoms with van der Waals surface area (Å²) in [5.41, 5.74) is 0. The molecule has 1 amide bonds. The number of nitrogens with one attached hydrogen (secondary N) is 1. The second kappa shape index (κ2) is 6.48. The van der Waals surface area contributed by atoms with E-state index in [9.17, 15) is 9.59 Å². The Kier molecular flexibility index (Phi) is 5.25. The Hall–Kier alpha value is -1.10. The summed E-state index contributed by atoms with van der Waals surface area (Å²) in [6.45, 7) is 5.13. The molecule has 1 atom stereocenters. The smallest absolute Gasteiger partial charge is 0.303 e. The normalized spacial score (nSPS) is 18.2. The van der Waals surface area contributed by atoms with E-state index in [1.54, 1.807) is 0 Å². The molecular weight excluding hydrogens is 208 g/mol. The summed E-state index contributed by atoms with van der Waals surface area (Å²) in [7, 11) is 0. The van der Waals surface area contributed by atoms with Gasteiger partial charge in [0.1, 0.15) is 0 Å². The van der Waals surface area contributed by atoms with E-state index in [-0.39, 0.29) is 18.2 Å². The Morgan fingerprint density at radius 2 is 2.00 bits per heavy atom. The van der Waals surface area contributed by atoms with Gasteiger partial charge in [-0.2, -0.15) is 0 Å². The zero-order chi connectivity index (χ0) is 12.0. The van der Waals surface area contributed by atoms with E-state index in [2.05, 4.69) is 5.32 Å². The highest BCUT2D eigenvalue weighted by Gasteiger charge is 2.17. The van der Waals surface area contributed by atoms with Crippen molar-refractivity contribution in [3.63, 3.8) is 0 Å². The van der Waals surface area contributed by atoms with Crippen molar-refractivity contribution in [2.75, 3.05) is 26.2 Å². The third-order valence-corrected chi connectivity index (χ3v) is 2.84. The largest absolute Gasteiger partial charge is 0.481 e. The lowest BCUT2D eigenvalue weighted by Gasteiger charge is -2.27. The minimum atomic E-state index is -0.790. The molecule has 0 aliphatic carbocycles. The fourth-order valence-corrected chi connectivity index (χ4v) is 1.84. The fourth-order valence-electron chi connectivity index (χ4n) is 1.84. The van der Waals surface area contributed by atoms with Gasteiger partial charge in [0.2, 0.25) is 5.91 Å². The van der Waals surface area contributed by atoms with E-state index in [0.717, 1.165) is 26.2 Å². The molecule has 1 aliphatic heterocycles. The SMILES string of the molecule is CC(CCC(=O)N1CCNCC1)CC(=O)O. The molecule has 1 rings (SSSR count). The molecule has 1 fully saturated rings. The minimum Gasteiger partial charge on any atom is -0.481 e.